The third kappa shape index (κ3) is 4.23. The van der Waals surface area contributed by atoms with Crippen LogP contribution < -0.4 is 5.32 Å². The molecule has 9 heteroatoms. The Morgan fingerprint density at radius 2 is 1.95 bits per heavy atom. The minimum Gasteiger partial charge on any atom is -0.370 e. The van der Waals surface area contributed by atoms with Gasteiger partial charge in [-0.3, -0.25) is 0 Å². The largest absolute Gasteiger partial charge is 0.370 e. The van der Waals surface area contributed by atoms with Gasteiger partial charge in [0.1, 0.15) is 10.8 Å². The smallest absolute Gasteiger partial charge is 0.190 e. The molecule has 0 aliphatic carbocycles. The molecule has 0 aliphatic heterocycles. The lowest BCUT2D eigenvalue weighted by Gasteiger charge is -2.05. The Kier molecular flexibility index (Phi) is 5.74. The highest BCUT2D eigenvalue weighted by Gasteiger charge is 2.09. The molecule has 1 N–H and O–H groups in total. The van der Waals surface area contributed by atoms with Gasteiger partial charge >= 0.3 is 0 Å². The van der Waals surface area contributed by atoms with Gasteiger partial charge in [-0.1, -0.05) is 34.9 Å². The standard InChI is InChI=1S/C10H13N5S4/c1-4-11-6-5-7(13-8(12-6)16-2)18-10-15-14-9(17-3)19-10/h5H,4H2,1-3H3,(H,11,12,13). The zero-order valence-electron chi connectivity index (χ0n) is 10.7. The monoisotopic (exact) mass is 331 g/mol. The first-order valence-corrected chi connectivity index (χ1v) is 9.55. The van der Waals surface area contributed by atoms with Crippen LogP contribution in [0.25, 0.3) is 0 Å². The van der Waals surface area contributed by atoms with Crippen molar-refractivity contribution >= 4 is 52.4 Å². The molecule has 2 heterocycles. The molecule has 0 spiro atoms. The molecule has 19 heavy (non-hydrogen) atoms. The summed E-state index contributed by atoms with van der Waals surface area (Å²) in [5.41, 5.74) is 0. The lowest BCUT2D eigenvalue weighted by atomic mass is 10.5. The number of hydrogen-bond acceptors (Lipinski definition) is 9. The van der Waals surface area contributed by atoms with E-state index in [1.165, 1.54) is 23.5 Å². The Labute approximate surface area is 128 Å². The number of aromatic nitrogens is 4. The first-order valence-electron chi connectivity index (χ1n) is 5.47. The molecule has 0 aromatic carbocycles. The molecule has 0 unspecified atom stereocenters. The summed E-state index contributed by atoms with van der Waals surface area (Å²) in [5.74, 6) is 0.846. The second kappa shape index (κ2) is 7.32. The van der Waals surface area contributed by atoms with Crippen LogP contribution in [0.15, 0.2) is 24.9 Å². The van der Waals surface area contributed by atoms with Gasteiger partial charge in [0.05, 0.1) is 0 Å². The minimum absolute atomic E-state index is 0.760. The zero-order valence-corrected chi connectivity index (χ0v) is 14.0. The molecule has 0 atom stereocenters. The Morgan fingerprint density at radius 1 is 1.16 bits per heavy atom. The van der Waals surface area contributed by atoms with Crippen molar-refractivity contribution in [2.75, 3.05) is 24.4 Å². The van der Waals surface area contributed by atoms with E-state index >= 15 is 0 Å². The molecule has 2 aromatic heterocycles. The van der Waals surface area contributed by atoms with Gasteiger partial charge in [0, 0.05) is 12.6 Å². The molecule has 2 rings (SSSR count). The summed E-state index contributed by atoms with van der Waals surface area (Å²) < 4.78 is 1.87. The fourth-order valence-electron chi connectivity index (χ4n) is 1.23. The van der Waals surface area contributed by atoms with Crippen molar-refractivity contribution in [3.63, 3.8) is 0 Å². The topological polar surface area (TPSA) is 63.6 Å². The molecule has 0 saturated carbocycles. The fourth-order valence-corrected chi connectivity index (χ4v) is 4.05. The Bertz CT molecular complexity index is 544. The van der Waals surface area contributed by atoms with Gasteiger partial charge in [-0.2, -0.15) is 0 Å². The molecular weight excluding hydrogens is 318 g/mol. The fraction of sp³-hybridized carbons (Fsp3) is 0.400. The van der Waals surface area contributed by atoms with Crippen LogP contribution in [0.3, 0.4) is 0 Å². The van der Waals surface area contributed by atoms with Crippen LogP contribution in [0.4, 0.5) is 5.82 Å². The molecule has 0 bridgehead atoms. The first-order chi connectivity index (χ1) is 9.25. The van der Waals surface area contributed by atoms with Crippen molar-refractivity contribution in [1.82, 2.24) is 20.2 Å². The minimum atomic E-state index is 0.760. The second-order valence-electron chi connectivity index (χ2n) is 3.25. The van der Waals surface area contributed by atoms with Crippen molar-refractivity contribution < 1.29 is 0 Å². The molecule has 0 fully saturated rings. The summed E-state index contributed by atoms with van der Waals surface area (Å²) in [7, 11) is 0. The predicted octanol–water partition coefficient (Wildman–Crippen LogP) is 3.35. The molecule has 5 nitrogen and oxygen atoms in total. The SMILES string of the molecule is CCNc1cc(Sc2nnc(SC)s2)nc(SC)n1. The third-order valence-electron chi connectivity index (χ3n) is 1.98. The van der Waals surface area contributed by atoms with Crippen LogP contribution in [0.5, 0.6) is 0 Å². The maximum Gasteiger partial charge on any atom is 0.190 e. The zero-order chi connectivity index (χ0) is 13.7. The van der Waals surface area contributed by atoms with E-state index in [4.69, 9.17) is 0 Å². The molecule has 102 valence electrons. The van der Waals surface area contributed by atoms with Crippen LogP contribution >= 0.6 is 46.6 Å². The highest BCUT2D eigenvalue weighted by atomic mass is 32.2. The number of nitrogens with zero attached hydrogens (tertiary/aromatic N) is 4. The summed E-state index contributed by atoms with van der Waals surface area (Å²) in [5, 5.41) is 13.1. The maximum absolute atomic E-state index is 4.47. The maximum atomic E-state index is 4.47. The van der Waals surface area contributed by atoms with Crippen LogP contribution in [-0.4, -0.2) is 39.2 Å². The normalized spacial score (nSPS) is 10.7. The predicted molar refractivity (Wildman–Crippen MR) is 83.8 cm³/mol. The van der Waals surface area contributed by atoms with E-state index in [9.17, 15) is 0 Å². The molecule has 0 aliphatic rings. The summed E-state index contributed by atoms with van der Waals surface area (Å²) >= 11 is 6.23. The van der Waals surface area contributed by atoms with Crippen molar-refractivity contribution in [3.05, 3.63) is 6.07 Å². The number of rotatable bonds is 6. The van der Waals surface area contributed by atoms with Crippen molar-refractivity contribution in [3.8, 4) is 0 Å². The Hall–Kier alpha value is -0.510. The van der Waals surface area contributed by atoms with Gasteiger partial charge in [-0.05, 0) is 31.2 Å². The number of anilines is 1. The first kappa shape index (κ1) is 14.9. The van der Waals surface area contributed by atoms with Crippen molar-refractivity contribution in [1.29, 1.82) is 0 Å². The Balaban J connectivity index is 2.20. The molecule has 0 amide bonds. The molecule has 2 aromatic rings. The lowest BCUT2D eigenvalue weighted by molar-refractivity contribution is 0.888. The molecular formula is C10H13N5S4. The van der Waals surface area contributed by atoms with Gasteiger partial charge < -0.3 is 5.32 Å². The summed E-state index contributed by atoms with van der Waals surface area (Å²) in [6.45, 7) is 2.88. The van der Waals surface area contributed by atoms with Crippen LogP contribution in [0, 0.1) is 0 Å². The van der Waals surface area contributed by atoms with E-state index < -0.39 is 0 Å². The molecule has 0 saturated heterocycles. The second-order valence-corrected chi connectivity index (χ2v) is 7.32. The summed E-state index contributed by atoms with van der Waals surface area (Å²) in [4.78, 5) is 8.87. The van der Waals surface area contributed by atoms with Gasteiger partial charge in [0.25, 0.3) is 0 Å². The average Bonchev–Trinajstić information content (AvgIpc) is 2.86. The van der Waals surface area contributed by atoms with E-state index in [-0.39, 0.29) is 0 Å². The number of thioether (sulfide) groups is 2. The van der Waals surface area contributed by atoms with Gasteiger partial charge in [-0.15, -0.1) is 10.2 Å². The van der Waals surface area contributed by atoms with Crippen molar-refractivity contribution in [2.45, 2.75) is 25.8 Å². The lowest BCUT2D eigenvalue weighted by Crippen LogP contribution is -2.01. The highest BCUT2D eigenvalue weighted by molar-refractivity contribution is 8.03. The highest BCUT2D eigenvalue weighted by Crippen LogP contribution is 2.33. The van der Waals surface area contributed by atoms with Crippen molar-refractivity contribution in [2.24, 2.45) is 0 Å². The van der Waals surface area contributed by atoms with E-state index in [1.54, 1.807) is 23.1 Å². The number of nitrogens with one attached hydrogen (secondary N) is 1. The Morgan fingerprint density at radius 3 is 2.58 bits per heavy atom. The van der Waals surface area contributed by atoms with E-state index in [0.29, 0.717) is 0 Å². The molecule has 0 radical (unpaired) electrons. The quantitative estimate of drug-likeness (QED) is 0.491. The van der Waals surface area contributed by atoms with Gasteiger partial charge in [-0.25, -0.2) is 9.97 Å². The van der Waals surface area contributed by atoms with Crippen LogP contribution in [-0.2, 0) is 0 Å². The third-order valence-corrected chi connectivity index (χ3v) is 5.39. The van der Waals surface area contributed by atoms with Gasteiger partial charge in [0.15, 0.2) is 13.8 Å². The summed E-state index contributed by atoms with van der Waals surface area (Å²) in [6.07, 6.45) is 3.96. The summed E-state index contributed by atoms with van der Waals surface area (Å²) in [6, 6.07) is 1.94. The number of hydrogen-bond donors (Lipinski definition) is 1. The average molecular weight is 332 g/mol. The van der Waals surface area contributed by atoms with E-state index in [1.807, 2.05) is 25.5 Å². The van der Waals surface area contributed by atoms with Crippen LogP contribution in [0.2, 0.25) is 0 Å². The van der Waals surface area contributed by atoms with Crippen LogP contribution in [0.1, 0.15) is 6.92 Å². The van der Waals surface area contributed by atoms with E-state index in [2.05, 4.69) is 25.5 Å². The van der Waals surface area contributed by atoms with Gasteiger partial charge in [0.2, 0.25) is 0 Å². The van der Waals surface area contributed by atoms with E-state index in [0.717, 1.165) is 31.2 Å².